The summed E-state index contributed by atoms with van der Waals surface area (Å²) in [5.41, 5.74) is 0.332. The summed E-state index contributed by atoms with van der Waals surface area (Å²) in [7, 11) is 0. The lowest BCUT2D eigenvalue weighted by Crippen LogP contribution is -2.00. The van der Waals surface area contributed by atoms with Crippen molar-refractivity contribution in [2.24, 2.45) is 0 Å². The molecule has 0 amide bonds. The number of anilines is 1. The summed E-state index contributed by atoms with van der Waals surface area (Å²) in [6, 6.07) is 6.20. The van der Waals surface area contributed by atoms with Gasteiger partial charge in [-0.3, -0.25) is 10.1 Å². The normalized spacial score (nSPS) is 10.5. The van der Waals surface area contributed by atoms with E-state index in [9.17, 15) is 10.1 Å². The zero-order valence-electron chi connectivity index (χ0n) is 9.32. The SMILES string of the molecule is O=[N+]([O-])c1cc(Cl)c(NCc2ccc(Cl)s2)c(Cl)c1. The Kier molecular flexibility index (Phi) is 4.52. The molecule has 0 saturated heterocycles. The van der Waals surface area contributed by atoms with Crippen molar-refractivity contribution in [2.75, 3.05) is 5.32 Å². The number of hydrogen-bond acceptors (Lipinski definition) is 4. The summed E-state index contributed by atoms with van der Waals surface area (Å²) >= 11 is 19.2. The van der Waals surface area contributed by atoms with Crippen LogP contribution in [-0.2, 0) is 6.54 Å². The molecule has 0 spiro atoms. The molecule has 8 heteroatoms. The molecule has 0 fully saturated rings. The van der Waals surface area contributed by atoms with E-state index in [4.69, 9.17) is 34.8 Å². The Bertz CT molecular complexity index is 607. The summed E-state index contributed by atoms with van der Waals surface area (Å²) in [6.45, 7) is 0.495. The summed E-state index contributed by atoms with van der Waals surface area (Å²) in [4.78, 5) is 11.1. The lowest BCUT2D eigenvalue weighted by Gasteiger charge is -2.09. The van der Waals surface area contributed by atoms with E-state index in [-0.39, 0.29) is 15.7 Å². The molecule has 0 radical (unpaired) electrons. The van der Waals surface area contributed by atoms with Crippen LogP contribution in [0.4, 0.5) is 11.4 Å². The van der Waals surface area contributed by atoms with E-state index in [1.54, 1.807) is 6.07 Å². The minimum atomic E-state index is -0.541. The highest BCUT2D eigenvalue weighted by atomic mass is 35.5. The first-order chi connectivity index (χ1) is 8.97. The molecule has 0 atom stereocenters. The van der Waals surface area contributed by atoms with Crippen LogP contribution in [0.1, 0.15) is 4.88 Å². The van der Waals surface area contributed by atoms with Gasteiger partial charge in [-0.05, 0) is 12.1 Å². The maximum absolute atomic E-state index is 10.7. The Morgan fingerprint density at radius 3 is 2.32 bits per heavy atom. The van der Waals surface area contributed by atoms with Gasteiger partial charge < -0.3 is 5.32 Å². The van der Waals surface area contributed by atoms with Crippen molar-refractivity contribution < 1.29 is 4.92 Å². The largest absolute Gasteiger partial charge is 0.378 e. The molecule has 0 bridgehead atoms. The van der Waals surface area contributed by atoms with E-state index in [0.29, 0.717) is 16.6 Å². The molecular formula is C11H7Cl3N2O2S. The molecule has 0 unspecified atom stereocenters. The summed E-state index contributed by atoms with van der Waals surface area (Å²) < 4.78 is 0.692. The monoisotopic (exact) mass is 336 g/mol. The fourth-order valence-electron chi connectivity index (χ4n) is 1.46. The Morgan fingerprint density at radius 2 is 1.84 bits per heavy atom. The van der Waals surface area contributed by atoms with Crippen molar-refractivity contribution in [3.05, 3.63) is 53.6 Å². The molecule has 100 valence electrons. The van der Waals surface area contributed by atoms with Crippen LogP contribution in [0.3, 0.4) is 0 Å². The number of halogens is 3. The Labute approximate surface area is 128 Å². The molecule has 1 heterocycles. The number of nitro benzene ring substituents is 1. The molecule has 1 aromatic heterocycles. The van der Waals surface area contributed by atoms with Gasteiger partial charge in [0, 0.05) is 23.6 Å². The minimum absolute atomic E-state index is 0.139. The highest BCUT2D eigenvalue weighted by Gasteiger charge is 2.14. The number of nitrogens with one attached hydrogen (secondary N) is 1. The second kappa shape index (κ2) is 5.96. The predicted molar refractivity (Wildman–Crippen MR) is 79.8 cm³/mol. The lowest BCUT2D eigenvalue weighted by atomic mass is 10.2. The van der Waals surface area contributed by atoms with E-state index < -0.39 is 4.92 Å². The van der Waals surface area contributed by atoms with Crippen LogP contribution in [0.5, 0.6) is 0 Å². The molecule has 0 aliphatic heterocycles. The second-order valence-electron chi connectivity index (χ2n) is 3.60. The van der Waals surface area contributed by atoms with Crippen molar-refractivity contribution in [3.63, 3.8) is 0 Å². The number of thiophene rings is 1. The first kappa shape index (κ1) is 14.4. The van der Waals surface area contributed by atoms with Gasteiger partial charge in [0.2, 0.25) is 0 Å². The quantitative estimate of drug-likeness (QED) is 0.614. The van der Waals surface area contributed by atoms with Crippen molar-refractivity contribution in [1.82, 2.24) is 0 Å². The average Bonchev–Trinajstić information content (AvgIpc) is 2.73. The molecule has 19 heavy (non-hydrogen) atoms. The van der Waals surface area contributed by atoms with Gasteiger partial charge in [0.05, 0.1) is 25.0 Å². The van der Waals surface area contributed by atoms with Crippen LogP contribution in [0.15, 0.2) is 24.3 Å². The first-order valence-electron chi connectivity index (χ1n) is 5.09. The number of hydrogen-bond donors (Lipinski definition) is 1. The van der Waals surface area contributed by atoms with Crippen molar-refractivity contribution >= 4 is 57.5 Å². The molecule has 0 saturated carbocycles. The van der Waals surface area contributed by atoms with Gasteiger partial charge in [0.25, 0.3) is 5.69 Å². The molecule has 4 nitrogen and oxygen atoms in total. The van der Waals surface area contributed by atoms with Gasteiger partial charge in [-0.25, -0.2) is 0 Å². The third-order valence-corrected chi connectivity index (χ3v) is 4.13. The minimum Gasteiger partial charge on any atom is -0.378 e. The topological polar surface area (TPSA) is 55.2 Å². The smallest absolute Gasteiger partial charge is 0.272 e. The van der Waals surface area contributed by atoms with Crippen LogP contribution >= 0.6 is 46.1 Å². The van der Waals surface area contributed by atoms with Gasteiger partial charge in [0.15, 0.2) is 0 Å². The van der Waals surface area contributed by atoms with Crippen LogP contribution in [0.2, 0.25) is 14.4 Å². The van der Waals surface area contributed by atoms with E-state index in [1.807, 2.05) is 6.07 Å². The summed E-state index contributed by atoms with van der Waals surface area (Å²) in [6.07, 6.45) is 0. The Morgan fingerprint density at radius 1 is 1.21 bits per heavy atom. The fourth-order valence-corrected chi connectivity index (χ4v) is 3.09. The first-order valence-corrected chi connectivity index (χ1v) is 7.04. The number of nitrogens with zero attached hydrogens (tertiary/aromatic N) is 1. The van der Waals surface area contributed by atoms with Gasteiger partial charge in [0.1, 0.15) is 0 Å². The second-order valence-corrected chi connectivity index (χ2v) is 6.21. The van der Waals surface area contributed by atoms with E-state index in [0.717, 1.165) is 4.88 Å². The standard InChI is InChI=1S/C11H7Cl3N2O2S/c12-8-3-6(16(17)18)4-9(13)11(8)15-5-7-1-2-10(14)19-7/h1-4,15H,5H2. The third-order valence-electron chi connectivity index (χ3n) is 2.31. The third kappa shape index (κ3) is 3.51. The number of non-ortho nitro benzene ring substituents is 1. The van der Waals surface area contributed by atoms with Gasteiger partial charge in [-0.1, -0.05) is 34.8 Å². The lowest BCUT2D eigenvalue weighted by molar-refractivity contribution is -0.384. The van der Waals surface area contributed by atoms with Crippen LogP contribution in [0, 0.1) is 10.1 Å². The average molecular weight is 338 g/mol. The number of rotatable bonds is 4. The zero-order chi connectivity index (χ0) is 14.0. The predicted octanol–water partition coefficient (Wildman–Crippen LogP) is 5.23. The summed E-state index contributed by atoms with van der Waals surface area (Å²) in [5.74, 6) is 0. The van der Waals surface area contributed by atoms with E-state index >= 15 is 0 Å². The molecule has 1 aromatic carbocycles. The molecular weight excluding hydrogens is 331 g/mol. The molecule has 0 aliphatic carbocycles. The zero-order valence-corrected chi connectivity index (χ0v) is 12.4. The van der Waals surface area contributed by atoms with Crippen LogP contribution in [0.25, 0.3) is 0 Å². The molecule has 0 aliphatic rings. The Hall–Kier alpha value is -1.01. The van der Waals surface area contributed by atoms with E-state index in [1.165, 1.54) is 23.5 Å². The molecule has 2 rings (SSSR count). The number of benzene rings is 1. The van der Waals surface area contributed by atoms with Crippen LogP contribution < -0.4 is 5.32 Å². The highest BCUT2D eigenvalue weighted by Crippen LogP contribution is 2.35. The maximum atomic E-state index is 10.7. The highest BCUT2D eigenvalue weighted by molar-refractivity contribution is 7.16. The summed E-state index contributed by atoms with van der Waals surface area (Å²) in [5, 5.41) is 14.1. The molecule has 1 N–H and O–H groups in total. The maximum Gasteiger partial charge on any atom is 0.272 e. The van der Waals surface area contributed by atoms with Crippen molar-refractivity contribution in [1.29, 1.82) is 0 Å². The number of nitro groups is 1. The van der Waals surface area contributed by atoms with Gasteiger partial charge in [-0.15, -0.1) is 11.3 Å². The Balaban J connectivity index is 2.18. The van der Waals surface area contributed by atoms with E-state index in [2.05, 4.69) is 5.32 Å². The molecule has 2 aromatic rings. The van der Waals surface area contributed by atoms with Gasteiger partial charge in [-0.2, -0.15) is 0 Å². The van der Waals surface area contributed by atoms with Crippen LogP contribution in [-0.4, -0.2) is 4.92 Å². The van der Waals surface area contributed by atoms with Crippen molar-refractivity contribution in [3.8, 4) is 0 Å². The van der Waals surface area contributed by atoms with Gasteiger partial charge >= 0.3 is 0 Å². The fraction of sp³-hybridized carbons (Fsp3) is 0.0909. The van der Waals surface area contributed by atoms with Crippen molar-refractivity contribution in [2.45, 2.75) is 6.54 Å².